The lowest BCUT2D eigenvalue weighted by atomic mass is 10.1. The minimum absolute atomic E-state index is 0.000356. The molecule has 148 valence electrons. The van der Waals surface area contributed by atoms with E-state index >= 15 is 0 Å². The van der Waals surface area contributed by atoms with Crippen LogP contribution in [0.3, 0.4) is 0 Å². The molecule has 0 fully saturated rings. The molecule has 1 aromatic heterocycles. The van der Waals surface area contributed by atoms with Gasteiger partial charge in [-0.2, -0.15) is 0 Å². The maximum atomic E-state index is 13.2. The predicted octanol–water partition coefficient (Wildman–Crippen LogP) is 3.42. The van der Waals surface area contributed by atoms with Crippen LogP contribution >= 0.6 is 11.8 Å². The Morgan fingerprint density at radius 1 is 1.11 bits per heavy atom. The quantitative estimate of drug-likeness (QED) is 0.565. The fraction of sp³-hybridized carbons (Fsp3) is 0.263. The number of sulfonamides is 1. The molecular weight excluding hydrogens is 399 g/mol. The molecule has 0 bridgehead atoms. The summed E-state index contributed by atoms with van der Waals surface area (Å²) in [5.41, 5.74) is 0.964. The molecule has 0 aliphatic heterocycles. The maximum Gasteiger partial charge on any atom is 0.241 e. The van der Waals surface area contributed by atoms with Gasteiger partial charge < -0.3 is 4.57 Å². The van der Waals surface area contributed by atoms with Gasteiger partial charge in [-0.3, -0.25) is 0 Å². The summed E-state index contributed by atoms with van der Waals surface area (Å²) in [5.74, 6) is 0.0523. The Morgan fingerprint density at radius 3 is 2.39 bits per heavy atom. The van der Waals surface area contributed by atoms with Crippen LogP contribution in [-0.2, 0) is 23.0 Å². The van der Waals surface area contributed by atoms with Crippen molar-refractivity contribution in [3.8, 4) is 0 Å². The summed E-state index contributed by atoms with van der Waals surface area (Å²) >= 11 is 1.45. The molecule has 0 spiro atoms. The van der Waals surface area contributed by atoms with Crippen LogP contribution in [-0.4, -0.2) is 29.4 Å². The number of nitrogens with zero attached hydrogens (tertiary/aromatic N) is 3. The SMILES string of the molecule is CCn1c(SC)nnc1[C@H](Cc1ccccc1)NS(=O)(=O)c1ccc(F)cc1. The Morgan fingerprint density at radius 2 is 1.79 bits per heavy atom. The Balaban J connectivity index is 1.99. The predicted molar refractivity (Wildman–Crippen MR) is 107 cm³/mol. The van der Waals surface area contributed by atoms with E-state index in [-0.39, 0.29) is 4.90 Å². The van der Waals surface area contributed by atoms with Crippen molar-refractivity contribution in [2.75, 3.05) is 6.26 Å². The van der Waals surface area contributed by atoms with E-state index in [0.29, 0.717) is 18.8 Å². The van der Waals surface area contributed by atoms with Crippen LogP contribution in [0.25, 0.3) is 0 Å². The molecule has 3 aromatic rings. The second-order valence-electron chi connectivity index (χ2n) is 6.11. The standard InChI is InChI=1S/C19H21FN4O2S2/c1-3-24-18(21-22-19(24)27-2)17(13-14-7-5-4-6-8-14)23-28(25,26)16-11-9-15(20)10-12-16/h4-12,17,23H,3,13H2,1-2H3/t17-/m0/s1. The average Bonchev–Trinajstić information content (AvgIpc) is 3.11. The third kappa shape index (κ3) is 4.60. The second kappa shape index (κ2) is 8.85. The summed E-state index contributed by atoms with van der Waals surface area (Å²) in [7, 11) is -3.87. The van der Waals surface area contributed by atoms with Crippen LogP contribution in [0, 0.1) is 5.82 Å². The van der Waals surface area contributed by atoms with Gasteiger partial charge in [-0.25, -0.2) is 17.5 Å². The molecule has 0 saturated carbocycles. The van der Waals surface area contributed by atoms with Gasteiger partial charge in [-0.15, -0.1) is 10.2 Å². The minimum Gasteiger partial charge on any atom is -0.305 e. The van der Waals surface area contributed by atoms with Crippen molar-refractivity contribution in [1.82, 2.24) is 19.5 Å². The number of halogens is 1. The molecule has 0 unspecified atom stereocenters. The van der Waals surface area contributed by atoms with Crippen molar-refractivity contribution in [1.29, 1.82) is 0 Å². The highest BCUT2D eigenvalue weighted by Crippen LogP contribution is 2.24. The van der Waals surface area contributed by atoms with Gasteiger partial charge >= 0.3 is 0 Å². The molecule has 0 aliphatic carbocycles. The normalized spacial score (nSPS) is 12.8. The van der Waals surface area contributed by atoms with Gasteiger partial charge in [0.1, 0.15) is 5.82 Å². The number of rotatable bonds is 8. The third-order valence-corrected chi connectivity index (χ3v) is 6.41. The number of thioether (sulfide) groups is 1. The fourth-order valence-corrected chi connectivity index (χ4v) is 4.67. The number of benzene rings is 2. The van der Waals surface area contributed by atoms with Crippen LogP contribution in [0.5, 0.6) is 0 Å². The van der Waals surface area contributed by atoms with E-state index in [0.717, 1.165) is 22.9 Å². The van der Waals surface area contributed by atoms with Crippen molar-refractivity contribution in [2.24, 2.45) is 0 Å². The van der Waals surface area contributed by atoms with Crippen molar-refractivity contribution in [3.63, 3.8) is 0 Å². The fourth-order valence-electron chi connectivity index (χ4n) is 2.91. The van der Waals surface area contributed by atoms with Crippen LogP contribution in [0.4, 0.5) is 4.39 Å². The molecule has 0 radical (unpaired) electrons. The van der Waals surface area contributed by atoms with E-state index in [1.807, 2.05) is 48.1 Å². The number of aromatic nitrogens is 3. The Hall–Kier alpha value is -2.23. The Kier molecular flexibility index (Phi) is 6.48. The zero-order chi connectivity index (χ0) is 20.1. The van der Waals surface area contributed by atoms with Gasteiger partial charge in [0.15, 0.2) is 11.0 Å². The first-order chi connectivity index (χ1) is 13.4. The molecule has 0 aliphatic rings. The summed E-state index contributed by atoms with van der Waals surface area (Å²) in [6.07, 6.45) is 2.31. The molecule has 28 heavy (non-hydrogen) atoms. The van der Waals surface area contributed by atoms with Gasteiger partial charge in [-0.1, -0.05) is 42.1 Å². The number of hydrogen-bond acceptors (Lipinski definition) is 5. The third-order valence-electron chi connectivity index (χ3n) is 4.26. The zero-order valence-electron chi connectivity index (χ0n) is 15.5. The van der Waals surface area contributed by atoms with E-state index < -0.39 is 21.9 Å². The van der Waals surface area contributed by atoms with Gasteiger partial charge in [0, 0.05) is 6.54 Å². The van der Waals surface area contributed by atoms with E-state index in [2.05, 4.69) is 14.9 Å². The van der Waals surface area contributed by atoms with E-state index in [1.54, 1.807) is 0 Å². The van der Waals surface area contributed by atoms with Crippen LogP contribution in [0.15, 0.2) is 64.6 Å². The highest BCUT2D eigenvalue weighted by molar-refractivity contribution is 7.98. The lowest BCUT2D eigenvalue weighted by Crippen LogP contribution is -2.32. The minimum atomic E-state index is -3.87. The number of hydrogen-bond donors (Lipinski definition) is 1. The topological polar surface area (TPSA) is 76.9 Å². The molecule has 2 aromatic carbocycles. The van der Waals surface area contributed by atoms with Crippen molar-refractivity contribution >= 4 is 21.8 Å². The maximum absolute atomic E-state index is 13.2. The summed E-state index contributed by atoms with van der Waals surface area (Å²) in [6, 6.07) is 13.7. The zero-order valence-corrected chi connectivity index (χ0v) is 17.2. The monoisotopic (exact) mass is 420 g/mol. The molecule has 0 saturated heterocycles. The summed E-state index contributed by atoms with van der Waals surface area (Å²) in [5, 5.41) is 9.14. The molecule has 0 amide bonds. The first-order valence-electron chi connectivity index (χ1n) is 8.73. The van der Waals surface area contributed by atoms with Crippen molar-refractivity contribution < 1.29 is 12.8 Å². The largest absolute Gasteiger partial charge is 0.305 e. The lowest BCUT2D eigenvalue weighted by Gasteiger charge is -2.19. The Bertz CT molecular complexity index is 1020. The average molecular weight is 421 g/mol. The van der Waals surface area contributed by atoms with Gasteiger partial charge in [0.05, 0.1) is 10.9 Å². The molecule has 1 atom stereocenters. The first-order valence-corrected chi connectivity index (χ1v) is 11.4. The van der Waals surface area contributed by atoms with E-state index in [4.69, 9.17) is 0 Å². The Labute approximate surface area is 168 Å². The van der Waals surface area contributed by atoms with Gasteiger partial charge in [0.25, 0.3) is 0 Å². The number of nitrogens with one attached hydrogen (secondary N) is 1. The van der Waals surface area contributed by atoms with E-state index in [9.17, 15) is 12.8 Å². The first kappa shape index (κ1) is 20.5. The molecule has 1 N–H and O–H groups in total. The summed E-state index contributed by atoms with van der Waals surface area (Å²) in [4.78, 5) is -0.000356. The molecule has 3 rings (SSSR count). The second-order valence-corrected chi connectivity index (χ2v) is 8.59. The molecule has 6 nitrogen and oxygen atoms in total. The smallest absolute Gasteiger partial charge is 0.241 e. The van der Waals surface area contributed by atoms with Crippen LogP contribution in [0.1, 0.15) is 24.4 Å². The molecule has 1 heterocycles. The van der Waals surface area contributed by atoms with Crippen molar-refractivity contribution in [3.05, 3.63) is 71.8 Å². The van der Waals surface area contributed by atoms with Gasteiger partial charge in [0.2, 0.25) is 10.0 Å². The lowest BCUT2D eigenvalue weighted by molar-refractivity contribution is 0.517. The summed E-state index contributed by atoms with van der Waals surface area (Å²) in [6.45, 7) is 2.57. The van der Waals surface area contributed by atoms with Crippen LogP contribution < -0.4 is 4.72 Å². The van der Waals surface area contributed by atoms with Gasteiger partial charge in [-0.05, 0) is 49.4 Å². The summed E-state index contributed by atoms with van der Waals surface area (Å²) < 4.78 is 43.6. The van der Waals surface area contributed by atoms with Crippen LogP contribution in [0.2, 0.25) is 0 Å². The van der Waals surface area contributed by atoms with Crippen molar-refractivity contribution in [2.45, 2.75) is 36.0 Å². The highest BCUT2D eigenvalue weighted by atomic mass is 32.2. The highest BCUT2D eigenvalue weighted by Gasteiger charge is 2.27. The molecular formula is C19H21FN4O2S2. The van der Waals surface area contributed by atoms with E-state index in [1.165, 1.54) is 23.9 Å². The molecule has 9 heteroatoms.